The lowest BCUT2D eigenvalue weighted by Gasteiger charge is -2.50. The summed E-state index contributed by atoms with van der Waals surface area (Å²) in [6.07, 6.45) is 8.27. The molecular weight excluding hydrogens is 372 g/mol. The van der Waals surface area contributed by atoms with Gasteiger partial charge in [-0.2, -0.15) is 0 Å². The first-order valence-electron chi connectivity index (χ1n) is 11.9. The van der Waals surface area contributed by atoms with Crippen LogP contribution >= 0.6 is 0 Å². The lowest BCUT2D eigenvalue weighted by molar-refractivity contribution is -0.00521. The highest BCUT2D eigenvalue weighted by Crippen LogP contribution is 2.74. The molecular formula is C26H44O2Si. The van der Waals surface area contributed by atoms with Crippen LogP contribution in [0.2, 0.25) is 18.1 Å². The van der Waals surface area contributed by atoms with Crippen molar-refractivity contribution in [2.45, 2.75) is 104 Å². The van der Waals surface area contributed by atoms with Crippen LogP contribution in [-0.2, 0) is 4.43 Å². The summed E-state index contributed by atoms with van der Waals surface area (Å²) in [5.41, 5.74) is 2.68. The van der Waals surface area contributed by atoms with Crippen LogP contribution in [0.15, 0.2) is 23.3 Å². The van der Waals surface area contributed by atoms with Crippen LogP contribution in [0.4, 0.5) is 0 Å². The lowest BCUT2D eigenvalue weighted by Crippen LogP contribution is -2.52. The third-order valence-electron chi connectivity index (χ3n) is 9.77. The minimum absolute atomic E-state index is 0.110. The SMILES string of the molecule is C[C@@H]1C=C2C[C@](C)(O)C=C2[C@@]2(C)CC[C@@H]3[C@H]([C@@H]2[C@@H]1O[Si](C)(C)C(C)(C)C)C3(C)C. The van der Waals surface area contributed by atoms with Crippen molar-refractivity contribution in [2.24, 2.45) is 34.5 Å². The molecule has 0 unspecified atom stereocenters. The van der Waals surface area contributed by atoms with Gasteiger partial charge in [-0.3, -0.25) is 0 Å². The van der Waals surface area contributed by atoms with E-state index in [-0.39, 0.29) is 16.6 Å². The molecule has 4 aliphatic rings. The summed E-state index contributed by atoms with van der Waals surface area (Å²) in [4.78, 5) is 0. The van der Waals surface area contributed by atoms with Crippen molar-refractivity contribution >= 4 is 8.32 Å². The summed E-state index contributed by atoms with van der Waals surface area (Å²) in [5, 5.41) is 11.1. The molecule has 2 nitrogen and oxygen atoms in total. The molecule has 7 atom stereocenters. The van der Waals surface area contributed by atoms with Crippen molar-refractivity contribution in [2.75, 3.05) is 0 Å². The van der Waals surface area contributed by atoms with E-state index >= 15 is 0 Å². The summed E-state index contributed by atoms with van der Waals surface area (Å²) >= 11 is 0. The molecule has 0 radical (unpaired) electrons. The summed E-state index contributed by atoms with van der Waals surface area (Å²) in [5.74, 6) is 2.49. The second-order valence-corrected chi connectivity index (χ2v) is 18.2. The van der Waals surface area contributed by atoms with Crippen molar-refractivity contribution < 1.29 is 9.53 Å². The Morgan fingerprint density at radius 1 is 1.10 bits per heavy atom. The first-order valence-corrected chi connectivity index (χ1v) is 14.8. The Labute approximate surface area is 180 Å². The van der Waals surface area contributed by atoms with Crippen molar-refractivity contribution in [1.82, 2.24) is 0 Å². The molecule has 2 fully saturated rings. The van der Waals surface area contributed by atoms with Gasteiger partial charge in [0.15, 0.2) is 8.32 Å². The highest BCUT2D eigenvalue weighted by molar-refractivity contribution is 6.74. The lowest BCUT2D eigenvalue weighted by atomic mass is 9.60. The fraction of sp³-hybridized carbons (Fsp3) is 0.846. The maximum atomic E-state index is 10.9. The minimum atomic E-state index is -1.89. The van der Waals surface area contributed by atoms with Gasteiger partial charge in [-0.05, 0) is 89.6 Å². The smallest absolute Gasteiger partial charge is 0.192 e. The third-order valence-corrected chi connectivity index (χ3v) is 14.2. The number of allylic oxidation sites excluding steroid dienone is 1. The van der Waals surface area contributed by atoms with Gasteiger partial charge in [-0.1, -0.05) is 54.5 Å². The Balaban J connectivity index is 1.83. The second-order valence-electron chi connectivity index (χ2n) is 13.4. The van der Waals surface area contributed by atoms with Gasteiger partial charge in [0.25, 0.3) is 0 Å². The quantitative estimate of drug-likeness (QED) is 0.506. The molecule has 0 aromatic rings. The van der Waals surface area contributed by atoms with Gasteiger partial charge in [-0.25, -0.2) is 0 Å². The van der Waals surface area contributed by atoms with Crippen molar-refractivity contribution in [3.8, 4) is 0 Å². The average Bonchev–Trinajstić information content (AvgIpc) is 2.95. The van der Waals surface area contributed by atoms with Crippen molar-refractivity contribution in [3.63, 3.8) is 0 Å². The van der Waals surface area contributed by atoms with E-state index in [4.69, 9.17) is 4.43 Å². The van der Waals surface area contributed by atoms with Crippen LogP contribution in [0.25, 0.3) is 0 Å². The fourth-order valence-electron chi connectivity index (χ4n) is 7.00. The van der Waals surface area contributed by atoms with E-state index in [0.717, 1.165) is 18.3 Å². The standard InChI is InChI=1S/C26H44O2Si/c1-16-13-17-14-25(7,27)15-19(17)26(8)12-11-18-20(24(18,5)6)21(26)22(16)28-29(9,10)23(2,3)4/h13,15-16,18,20-22,27H,11-12,14H2,1-10H3/t16-,18-,20-,21-,22-,25+,26-/m1/s1. The van der Waals surface area contributed by atoms with Gasteiger partial charge < -0.3 is 9.53 Å². The first-order chi connectivity index (χ1) is 13.0. The molecule has 164 valence electrons. The average molecular weight is 417 g/mol. The molecule has 3 heteroatoms. The summed E-state index contributed by atoms with van der Waals surface area (Å²) in [7, 11) is -1.89. The Morgan fingerprint density at radius 2 is 1.72 bits per heavy atom. The van der Waals surface area contributed by atoms with E-state index in [1.54, 1.807) is 0 Å². The maximum Gasteiger partial charge on any atom is 0.192 e. The van der Waals surface area contributed by atoms with Gasteiger partial charge in [0.1, 0.15) is 0 Å². The van der Waals surface area contributed by atoms with Crippen LogP contribution < -0.4 is 0 Å². The number of hydrogen-bond donors (Lipinski definition) is 1. The van der Waals surface area contributed by atoms with Gasteiger partial charge in [0.05, 0.1) is 11.7 Å². The van der Waals surface area contributed by atoms with E-state index < -0.39 is 13.9 Å². The second kappa shape index (κ2) is 6.10. The number of hydrogen-bond acceptors (Lipinski definition) is 2. The van der Waals surface area contributed by atoms with Gasteiger partial charge in [0, 0.05) is 6.42 Å². The zero-order valence-electron chi connectivity index (χ0n) is 20.5. The summed E-state index contributed by atoms with van der Waals surface area (Å²) < 4.78 is 7.28. The van der Waals surface area contributed by atoms with Crippen molar-refractivity contribution in [1.29, 1.82) is 0 Å². The van der Waals surface area contributed by atoms with E-state index in [0.29, 0.717) is 17.3 Å². The molecule has 29 heavy (non-hydrogen) atoms. The van der Waals surface area contributed by atoms with Gasteiger partial charge in [-0.15, -0.1) is 0 Å². The summed E-state index contributed by atoms with van der Waals surface area (Å²) in [6.45, 7) is 23.7. The third kappa shape index (κ3) is 3.17. The minimum Gasteiger partial charge on any atom is -0.413 e. The highest BCUT2D eigenvalue weighted by Gasteiger charge is 2.70. The number of rotatable bonds is 2. The van der Waals surface area contributed by atoms with E-state index in [1.165, 1.54) is 24.0 Å². The monoisotopic (exact) mass is 416 g/mol. The zero-order valence-corrected chi connectivity index (χ0v) is 21.5. The maximum absolute atomic E-state index is 10.9. The zero-order chi connectivity index (χ0) is 21.8. The Kier molecular flexibility index (Phi) is 4.60. The fourth-order valence-corrected chi connectivity index (χ4v) is 8.40. The predicted molar refractivity (Wildman–Crippen MR) is 124 cm³/mol. The molecule has 0 aliphatic heterocycles. The summed E-state index contributed by atoms with van der Waals surface area (Å²) in [6, 6.07) is 0. The van der Waals surface area contributed by atoms with Gasteiger partial charge in [0.2, 0.25) is 0 Å². The number of fused-ring (bicyclic) bond motifs is 5. The molecule has 0 aromatic carbocycles. The molecule has 4 aliphatic carbocycles. The molecule has 4 rings (SSSR count). The van der Waals surface area contributed by atoms with Crippen LogP contribution in [0.5, 0.6) is 0 Å². The van der Waals surface area contributed by atoms with Crippen LogP contribution in [0.1, 0.15) is 74.7 Å². The highest BCUT2D eigenvalue weighted by atomic mass is 28.4. The number of aliphatic hydroxyl groups is 1. The predicted octanol–water partition coefficient (Wildman–Crippen LogP) is 6.72. The molecule has 0 aromatic heterocycles. The largest absolute Gasteiger partial charge is 0.413 e. The first kappa shape index (κ1) is 21.8. The molecule has 0 amide bonds. The molecule has 1 N–H and O–H groups in total. The topological polar surface area (TPSA) is 29.5 Å². The van der Waals surface area contributed by atoms with Gasteiger partial charge >= 0.3 is 0 Å². The Bertz CT molecular complexity index is 766. The van der Waals surface area contributed by atoms with Crippen LogP contribution in [0.3, 0.4) is 0 Å². The Morgan fingerprint density at radius 3 is 2.31 bits per heavy atom. The van der Waals surface area contributed by atoms with E-state index in [9.17, 15) is 5.11 Å². The normalized spacial score (nSPS) is 46.1. The van der Waals surface area contributed by atoms with Crippen LogP contribution in [-0.4, -0.2) is 25.1 Å². The van der Waals surface area contributed by atoms with Crippen LogP contribution in [0, 0.1) is 34.5 Å². The molecule has 0 bridgehead atoms. The van der Waals surface area contributed by atoms with Crippen molar-refractivity contribution in [3.05, 3.63) is 23.3 Å². The Hall–Kier alpha value is -0.383. The molecule has 0 saturated heterocycles. The van der Waals surface area contributed by atoms with E-state index in [2.05, 4.69) is 73.7 Å². The molecule has 0 spiro atoms. The molecule has 2 saturated carbocycles. The molecule has 0 heterocycles. The van der Waals surface area contributed by atoms with E-state index in [1.807, 2.05) is 6.92 Å².